The fourth-order valence-corrected chi connectivity index (χ4v) is 4.05. The Morgan fingerprint density at radius 1 is 0.889 bits per heavy atom. The number of para-hydroxylation sites is 1. The summed E-state index contributed by atoms with van der Waals surface area (Å²) in [6.07, 6.45) is 5.06. The van der Waals surface area contributed by atoms with Crippen LogP contribution in [-0.2, 0) is 0 Å². The van der Waals surface area contributed by atoms with Gasteiger partial charge in [-0.3, -0.25) is 0 Å². The molecule has 1 fully saturated rings. The van der Waals surface area contributed by atoms with Gasteiger partial charge in [0.15, 0.2) is 5.65 Å². The number of nitrogens with zero attached hydrogens (tertiary/aromatic N) is 5. The Morgan fingerprint density at radius 2 is 1.70 bits per heavy atom. The Kier molecular flexibility index (Phi) is 4.00. The lowest BCUT2D eigenvalue weighted by atomic mass is 10.1. The van der Waals surface area contributed by atoms with E-state index in [4.69, 9.17) is 4.98 Å². The van der Waals surface area contributed by atoms with Gasteiger partial charge in [0.25, 0.3) is 0 Å². The zero-order valence-electron chi connectivity index (χ0n) is 15.6. The van der Waals surface area contributed by atoms with E-state index in [0.29, 0.717) is 0 Å². The third kappa shape index (κ3) is 2.83. The van der Waals surface area contributed by atoms with E-state index in [9.17, 15) is 0 Å². The second-order valence-electron chi connectivity index (χ2n) is 7.40. The molecule has 5 heteroatoms. The van der Waals surface area contributed by atoms with Crippen LogP contribution in [0.25, 0.3) is 27.8 Å². The molecule has 0 unspecified atom stereocenters. The van der Waals surface area contributed by atoms with E-state index < -0.39 is 0 Å². The Morgan fingerprint density at radius 3 is 2.52 bits per heavy atom. The molecular formula is C22H23N5. The van der Waals surface area contributed by atoms with E-state index in [1.807, 2.05) is 4.52 Å². The highest BCUT2D eigenvalue weighted by Gasteiger charge is 2.19. The van der Waals surface area contributed by atoms with E-state index in [2.05, 4.69) is 70.7 Å². The molecule has 0 N–H and O–H groups in total. The summed E-state index contributed by atoms with van der Waals surface area (Å²) in [5.74, 6) is 1.07. The van der Waals surface area contributed by atoms with Gasteiger partial charge >= 0.3 is 0 Å². The first kappa shape index (κ1) is 16.2. The van der Waals surface area contributed by atoms with Crippen molar-refractivity contribution in [2.45, 2.75) is 32.6 Å². The maximum Gasteiger partial charge on any atom is 0.186 e. The Bertz CT molecular complexity index is 1110. The molecule has 5 rings (SSSR count). The average Bonchev–Trinajstić information content (AvgIpc) is 2.94. The number of rotatable bonds is 2. The Balaban J connectivity index is 1.76. The van der Waals surface area contributed by atoms with Crippen LogP contribution in [0.5, 0.6) is 0 Å². The molecule has 0 radical (unpaired) electrons. The zero-order chi connectivity index (χ0) is 18.2. The molecule has 136 valence electrons. The SMILES string of the molecule is Cc1cccc(-c2nnn3c2nc(N2CCCCCC2)c2ccccc23)c1. The van der Waals surface area contributed by atoms with Crippen LogP contribution in [-0.4, -0.2) is 32.9 Å². The number of aromatic nitrogens is 4. The van der Waals surface area contributed by atoms with Gasteiger partial charge in [-0.05, 0) is 38.0 Å². The molecule has 1 saturated heterocycles. The highest BCUT2D eigenvalue weighted by atomic mass is 15.4. The van der Waals surface area contributed by atoms with Gasteiger partial charge in [0, 0.05) is 24.0 Å². The highest BCUT2D eigenvalue weighted by molar-refractivity contribution is 5.93. The fraction of sp³-hybridized carbons (Fsp3) is 0.318. The van der Waals surface area contributed by atoms with Gasteiger partial charge in [0.2, 0.25) is 0 Å². The molecule has 0 bridgehead atoms. The van der Waals surface area contributed by atoms with Crippen molar-refractivity contribution in [3.8, 4) is 11.3 Å². The first-order chi connectivity index (χ1) is 13.3. The number of hydrogen-bond donors (Lipinski definition) is 0. The summed E-state index contributed by atoms with van der Waals surface area (Å²) >= 11 is 0. The van der Waals surface area contributed by atoms with Crippen molar-refractivity contribution >= 4 is 22.4 Å². The minimum absolute atomic E-state index is 0.832. The standard InChI is InChI=1S/C22H23N5/c1-16-9-8-10-17(15-16)20-22-23-21(26-13-6-2-3-7-14-26)18-11-4-5-12-19(18)27(22)25-24-20/h4-5,8-12,15H,2-3,6-7,13-14H2,1H3. The largest absolute Gasteiger partial charge is 0.356 e. The molecule has 0 saturated carbocycles. The van der Waals surface area contributed by atoms with Crippen molar-refractivity contribution in [2.75, 3.05) is 18.0 Å². The Hall–Kier alpha value is -2.95. The molecule has 0 atom stereocenters. The van der Waals surface area contributed by atoms with Crippen LogP contribution in [0, 0.1) is 6.92 Å². The first-order valence-corrected chi connectivity index (χ1v) is 9.77. The van der Waals surface area contributed by atoms with Gasteiger partial charge in [-0.2, -0.15) is 4.52 Å². The fourth-order valence-electron chi connectivity index (χ4n) is 4.05. The van der Waals surface area contributed by atoms with Crippen LogP contribution in [0.4, 0.5) is 5.82 Å². The number of anilines is 1. The van der Waals surface area contributed by atoms with Gasteiger partial charge in [0.05, 0.1) is 5.52 Å². The molecule has 0 amide bonds. The number of benzene rings is 2. The van der Waals surface area contributed by atoms with Gasteiger partial charge in [0.1, 0.15) is 11.5 Å². The topological polar surface area (TPSA) is 46.3 Å². The number of fused-ring (bicyclic) bond motifs is 3. The summed E-state index contributed by atoms with van der Waals surface area (Å²) in [5, 5.41) is 10.1. The van der Waals surface area contributed by atoms with Crippen molar-refractivity contribution in [3.05, 3.63) is 54.1 Å². The lowest BCUT2D eigenvalue weighted by Gasteiger charge is -2.23. The lowest BCUT2D eigenvalue weighted by Crippen LogP contribution is -2.25. The summed E-state index contributed by atoms with van der Waals surface area (Å²) in [4.78, 5) is 7.55. The van der Waals surface area contributed by atoms with Crippen molar-refractivity contribution < 1.29 is 0 Å². The highest BCUT2D eigenvalue weighted by Crippen LogP contribution is 2.31. The molecule has 1 aliphatic rings. The van der Waals surface area contributed by atoms with Crippen molar-refractivity contribution in [3.63, 3.8) is 0 Å². The van der Waals surface area contributed by atoms with E-state index >= 15 is 0 Å². The maximum atomic E-state index is 5.10. The van der Waals surface area contributed by atoms with Gasteiger partial charge in [-0.25, -0.2) is 4.98 Å². The number of aryl methyl sites for hydroxylation is 1. The molecular weight excluding hydrogens is 334 g/mol. The Labute approximate surface area is 158 Å². The predicted molar refractivity (Wildman–Crippen MR) is 109 cm³/mol. The maximum absolute atomic E-state index is 5.10. The zero-order valence-corrected chi connectivity index (χ0v) is 15.6. The molecule has 2 aromatic carbocycles. The summed E-state index contributed by atoms with van der Waals surface area (Å²) in [6, 6.07) is 16.8. The summed E-state index contributed by atoms with van der Waals surface area (Å²) < 4.78 is 1.88. The molecule has 4 aromatic rings. The molecule has 0 spiro atoms. The molecule has 3 heterocycles. The van der Waals surface area contributed by atoms with Crippen LogP contribution < -0.4 is 4.90 Å². The predicted octanol–water partition coefficient (Wildman–Crippen LogP) is 4.63. The van der Waals surface area contributed by atoms with Crippen LogP contribution in [0.1, 0.15) is 31.2 Å². The van der Waals surface area contributed by atoms with E-state index in [1.165, 1.54) is 31.2 Å². The minimum Gasteiger partial charge on any atom is -0.356 e. The average molecular weight is 357 g/mol. The third-order valence-electron chi connectivity index (χ3n) is 5.43. The molecule has 1 aliphatic heterocycles. The monoisotopic (exact) mass is 357 g/mol. The van der Waals surface area contributed by atoms with Crippen molar-refractivity contribution in [1.29, 1.82) is 0 Å². The third-order valence-corrected chi connectivity index (χ3v) is 5.43. The van der Waals surface area contributed by atoms with Crippen LogP contribution in [0.2, 0.25) is 0 Å². The lowest BCUT2D eigenvalue weighted by molar-refractivity contribution is 0.726. The van der Waals surface area contributed by atoms with Crippen molar-refractivity contribution in [2.24, 2.45) is 0 Å². The summed E-state index contributed by atoms with van der Waals surface area (Å²) in [7, 11) is 0. The molecule has 27 heavy (non-hydrogen) atoms. The van der Waals surface area contributed by atoms with Crippen LogP contribution in [0.3, 0.4) is 0 Å². The molecule has 5 nitrogen and oxygen atoms in total. The first-order valence-electron chi connectivity index (χ1n) is 9.77. The number of hydrogen-bond acceptors (Lipinski definition) is 4. The summed E-state index contributed by atoms with van der Waals surface area (Å²) in [6.45, 7) is 4.23. The second kappa shape index (κ2) is 6.65. The van der Waals surface area contributed by atoms with Crippen molar-refractivity contribution in [1.82, 2.24) is 19.8 Å². The van der Waals surface area contributed by atoms with Crippen LogP contribution >= 0.6 is 0 Å². The minimum atomic E-state index is 0.832. The van der Waals surface area contributed by atoms with Gasteiger partial charge < -0.3 is 4.90 Å². The smallest absolute Gasteiger partial charge is 0.186 e. The van der Waals surface area contributed by atoms with E-state index in [-0.39, 0.29) is 0 Å². The summed E-state index contributed by atoms with van der Waals surface area (Å²) in [5.41, 5.74) is 5.02. The molecule has 2 aromatic heterocycles. The quantitative estimate of drug-likeness (QED) is 0.525. The van der Waals surface area contributed by atoms with Crippen LogP contribution in [0.15, 0.2) is 48.5 Å². The van der Waals surface area contributed by atoms with E-state index in [0.717, 1.165) is 46.7 Å². The van der Waals surface area contributed by atoms with Gasteiger partial charge in [-0.1, -0.05) is 54.0 Å². The second-order valence-corrected chi connectivity index (χ2v) is 7.40. The molecule has 0 aliphatic carbocycles. The normalized spacial score (nSPS) is 15.4. The van der Waals surface area contributed by atoms with Gasteiger partial charge in [-0.15, -0.1) is 5.10 Å². The van der Waals surface area contributed by atoms with E-state index in [1.54, 1.807) is 0 Å².